The van der Waals surface area contributed by atoms with Crippen molar-refractivity contribution in [3.8, 4) is 0 Å². The van der Waals surface area contributed by atoms with Crippen molar-refractivity contribution in [2.45, 2.75) is 288 Å². The third kappa shape index (κ3) is 89.8. The monoisotopic (exact) mass is 2290 g/mol. The van der Waals surface area contributed by atoms with Crippen LogP contribution >= 0.6 is 35.0 Å². The summed E-state index contributed by atoms with van der Waals surface area (Å²) < 4.78 is 62.3. The van der Waals surface area contributed by atoms with Crippen LogP contribution in [0.5, 0.6) is 0 Å². The SMILES string of the molecule is C.CC(C)(C)S(N)=O.CC(C)I.CC(C)OC(=O)c1ccc(C=NS(=O)C(C)(C)C)cc1.CC(C)OC(=O)c1ccc(C=O)cc1.CC(C)OC(=O)c1ccc([C@@H](CCC(C)(C)C)NS(=O)C(C)(C)C)cc1.CC(C)OC(=O)c1ccc([C@H](N)CCC(C)(C)C)cc1.Cl.O=CO[O-].O=CO[O-].O=Cc1ccc(C(=O)O)cc1.[Br-].[CH2-]CC(C)(C)C.[Cs+].[Cs+].[H-].[H-].[K+].[K+].[Mg+2]. The number of alkyl halides is 1. The first-order valence-corrected chi connectivity index (χ1v) is 42.3. The van der Waals surface area contributed by atoms with Gasteiger partial charge in [-0.1, -0.05) is 172 Å². The number of carbonyl (C=O) groups excluding carboxylic acids is 8. The molecule has 0 aliphatic heterocycles. The van der Waals surface area contributed by atoms with Crippen LogP contribution in [0, 0.1) is 23.2 Å². The molecule has 5 aromatic rings. The molecule has 0 heterocycles. The van der Waals surface area contributed by atoms with Crippen molar-refractivity contribution in [2.75, 3.05) is 0 Å². The van der Waals surface area contributed by atoms with Gasteiger partial charge in [-0.3, -0.25) is 24.3 Å². The van der Waals surface area contributed by atoms with E-state index in [1.54, 1.807) is 107 Å². The van der Waals surface area contributed by atoms with Gasteiger partial charge < -0.3 is 76.8 Å². The van der Waals surface area contributed by atoms with Crippen LogP contribution in [0.1, 0.15) is 338 Å². The zero-order valence-corrected chi connectivity index (χ0v) is 106. The second-order valence-electron chi connectivity index (χ2n) is 33.5. The maximum Gasteiger partial charge on any atom is 2.00 e. The predicted octanol–water partition coefficient (Wildman–Crippen LogP) is 2.93. The fourth-order valence-electron chi connectivity index (χ4n) is 7.15. The summed E-state index contributed by atoms with van der Waals surface area (Å²) >= 11 is 2.34. The first kappa shape index (κ1) is 154. The summed E-state index contributed by atoms with van der Waals surface area (Å²) in [5, 5.41) is 30.4. The average Bonchev–Trinajstić information content (AvgIpc) is 0.821. The third-order valence-electron chi connectivity index (χ3n) is 13.7. The van der Waals surface area contributed by atoms with Crippen molar-refractivity contribution in [1.29, 1.82) is 0 Å². The molecular weight excluding hydrogens is 2160 g/mol. The maximum atomic E-state index is 12.6. The normalized spacial score (nSPS) is 11.6. The van der Waals surface area contributed by atoms with Crippen LogP contribution in [0.25, 0.3) is 0 Å². The number of nitrogens with two attached hydrogens (primary N) is 2. The van der Waals surface area contributed by atoms with Crippen LogP contribution < -0.4 is 284 Å². The van der Waals surface area contributed by atoms with Gasteiger partial charge in [0.2, 0.25) is 0 Å². The van der Waals surface area contributed by atoms with E-state index >= 15 is 0 Å². The van der Waals surface area contributed by atoms with Crippen molar-refractivity contribution in [1.82, 2.24) is 4.72 Å². The van der Waals surface area contributed by atoms with E-state index in [2.05, 4.69) is 125 Å². The molecule has 0 spiro atoms. The van der Waals surface area contributed by atoms with Crippen molar-refractivity contribution in [3.05, 3.63) is 184 Å². The fourth-order valence-corrected chi connectivity index (χ4v) is 8.55. The van der Waals surface area contributed by atoms with Gasteiger partial charge in [0.1, 0.15) is 23.6 Å². The summed E-state index contributed by atoms with van der Waals surface area (Å²) in [6.07, 6.45) is 7.37. The molecule has 5 atom stereocenters. The van der Waals surface area contributed by atoms with Crippen molar-refractivity contribution >= 4 is 153 Å². The first-order valence-electron chi connectivity index (χ1n) is 37.5. The second kappa shape index (κ2) is 83.6. The van der Waals surface area contributed by atoms with Gasteiger partial charge in [0.15, 0.2) is 0 Å². The summed E-state index contributed by atoms with van der Waals surface area (Å²) in [5.41, 5.74) is 13.3. The van der Waals surface area contributed by atoms with E-state index in [4.69, 9.17) is 55.0 Å². The zero-order chi connectivity index (χ0) is 91.3. The topological polar surface area (TPSA) is 403 Å². The van der Waals surface area contributed by atoms with Crippen LogP contribution in [0.15, 0.2) is 126 Å². The van der Waals surface area contributed by atoms with Gasteiger partial charge in [-0.2, -0.15) is 10.8 Å². The van der Waals surface area contributed by atoms with Gasteiger partial charge in [-0.15, -0.1) is 12.4 Å². The number of aldehydes is 2. The van der Waals surface area contributed by atoms with Crippen molar-refractivity contribution in [2.24, 2.45) is 31.5 Å². The Hall–Kier alpha value is 1.29. The second-order valence-corrected chi connectivity index (χ2v) is 41.8. The standard InChI is InChI=1S/C21H35NO3S.C17H27NO2.C15H21NO3S.C11H12O3.C8H6O3.C6H13.C4H11NOS.C3H7I.2CH2O3.CH4.BrH.ClH.2Cs.2K.Mg.2H/c1-15(2)25-19(23)17-11-9-16(10-12-17)18(13-14-20(3,4)5)22-26(24)21(6,7)8;1-12(2)20-16(19)14-8-6-13(7-9-14)15(18)10-11-17(3,4)5;1-11(2)19-14(17)13-8-6-12(7-9-13)10-16-20(18)15(3,4)5;1-8(2)14-11(13)10-5-3-9(7-12)4-6-10;9-5-6-1-3-7(4-2-6)8(10)11;1-5-6(2,3)4;1-4(2,3)7(5)6;1-3(2)4;2*2-1-4-3;;;;;;;;;;/h9-12,15,18,22H,13-14H2,1-8H3;6-9,12,15H,10-11,18H2,1-5H3;6-11H,1-5H3;3-8H,1-2H3;1-5H,(H,10,11);1,5H2,2-4H3;5H2,1-3H3;3H,1-2H3;2*1,3H;1H4;2*1H;;;;;;;/q;;;;;-1;;;;;;;;4*+1;+2;2*-1/p-3/t18-,26?;15-;;;;;;;;;;;;;;;;;;/m11................../s1. The van der Waals surface area contributed by atoms with Crippen LogP contribution in [0.4, 0.5) is 0 Å². The van der Waals surface area contributed by atoms with Gasteiger partial charge >= 0.3 is 293 Å². The van der Waals surface area contributed by atoms with Gasteiger partial charge in [-0.25, -0.2) is 41.3 Å². The first-order chi connectivity index (χ1) is 53.1. The van der Waals surface area contributed by atoms with Gasteiger partial charge in [-0.05, 0) is 232 Å². The molecule has 0 fully saturated rings. The number of nitrogens with one attached hydrogen (secondary N) is 1. The maximum absolute atomic E-state index is 12.6. The quantitative estimate of drug-likeness (QED) is 0.00698. The summed E-state index contributed by atoms with van der Waals surface area (Å²) in [4.78, 5) is 100. The Morgan fingerprint density at radius 2 is 0.734 bits per heavy atom. The minimum Gasteiger partial charge on any atom is -1.00 e. The van der Waals surface area contributed by atoms with Gasteiger partial charge in [0.05, 0.1) is 88.4 Å². The molecule has 0 amide bonds. The van der Waals surface area contributed by atoms with Crippen LogP contribution in [0.3, 0.4) is 0 Å². The summed E-state index contributed by atoms with van der Waals surface area (Å²) in [6, 6.07) is 33.7. The zero-order valence-electron chi connectivity index (χ0n) is 81.0. The van der Waals surface area contributed by atoms with E-state index in [0.29, 0.717) is 50.5 Å². The van der Waals surface area contributed by atoms with Crippen LogP contribution in [-0.2, 0) is 71.3 Å². The average molecular weight is 2300 g/mol. The van der Waals surface area contributed by atoms with E-state index in [0.717, 1.165) is 59.0 Å². The molecule has 0 aliphatic carbocycles. The van der Waals surface area contributed by atoms with E-state index in [-0.39, 0.29) is 402 Å². The van der Waals surface area contributed by atoms with Gasteiger partial charge in [0, 0.05) is 33.3 Å². The Labute approximate surface area is 1000 Å². The largest absolute Gasteiger partial charge is 2.00 e. The minimum atomic E-state index is -1.28. The molecule has 0 aliphatic rings. The molecule has 684 valence electrons. The molecule has 25 nitrogen and oxygen atoms in total. The number of carboxylic acids is 1. The molecule has 0 saturated carbocycles. The Bertz CT molecular complexity index is 3760. The van der Waals surface area contributed by atoms with Crippen molar-refractivity contribution < 1.29 is 361 Å². The minimum absolute atomic E-state index is 0. The number of carboxylic acid groups (broad SMARTS) is 1. The molecule has 124 heavy (non-hydrogen) atoms. The number of aromatic carboxylic acids is 1. The fraction of sp³-hybridized carbons (Fsp3) is 0.534. The number of rotatable bonds is 23. The third-order valence-corrected chi connectivity index (χ3v) is 17.8. The molecule has 0 radical (unpaired) electrons. The van der Waals surface area contributed by atoms with Gasteiger partial charge in [0.25, 0.3) is 12.9 Å². The number of hydrogen-bond acceptors (Lipinski definition) is 21. The molecule has 5 aromatic carbocycles. The van der Waals surface area contributed by atoms with E-state index in [9.17, 15) is 46.2 Å². The van der Waals surface area contributed by atoms with Crippen LogP contribution in [-0.4, -0.2) is 145 Å². The molecule has 6 N–H and O–H groups in total. The smallest absolute Gasteiger partial charge is 1.00 e. The summed E-state index contributed by atoms with van der Waals surface area (Å²) in [5.74, 6) is -2.29. The summed E-state index contributed by atoms with van der Waals surface area (Å²) in [6.45, 7) is 59.0. The predicted molar refractivity (Wildman–Crippen MR) is 493 cm³/mol. The van der Waals surface area contributed by atoms with E-state index in [1.165, 1.54) is 24.3 Å². The molecule has 0 saturated heterocycles. The number of esters is 4. The number of nitrogens with zero attached hydrogens (tertiary/aromatic N) is 1. The van der Waals surface area contributed by atoms with Crippen molar-refractivity contribution in [3.63, 3.8) is 0 Å². The molecule has 3 unspecified atom stereocenters. The van der Waals surface area contributed by atoms with Crippen LogP contribution in [0.2, 0.25) is 0 Å². The Morgan fingerprint density at radius 1 is 0.492 bits per heavy atom. The molecule has 0 aromatic heterocycles. The molecule has 5 rings (SSSR count). The number of ether oxygens (including phenoxy) is 4. The molecule has 36 heteroatoms. The number of halogens is 3. The Morgan fingerprint density at radius 3 is 0.944 bits per heavy atom. The van der Waals surface area contributed by atoms with E-state index in [1.807, 2.05) is 114 Å². The molecule has 0 bridgehead atoms. The Kier molecular flexibility index (Phi) is 104. The number of benzene rings is 5. The molecular formula is C88H141BrClCs2IK2MgN4O21S3. The number of hydrogen-bond donors (Lipinski definition) is 4. The number of carbonyl (C=O) groups is 9. The van der Waals surface area contributed by atoms with E-state index < -0.39 is 38.9 Å². The Balaban J connectivity index is -0.0000000874. The summed E-state index contributed by atoms with van der Waals surface area (Å²) in [7, 11) is -3.62.